The van der Waals surface area contributed by atoms with Gasteiger partial charge in [0.2, 0.25) is 0 Å². The van der Waals surface area contributed by atoms with Crippen molar-refractivity contribution in [1.29, 1.82) is 0 Å². The van der Waals surface area contributed by atoms with Crippen LogP contribution in [-0.2, 0) is 16.3 Å². The van der Waals surface area contributed by atoms with E-state index in [9.17, 15) is 8.42 Å². The molecule has 0 spiro atoms. The Kier molecular flexibility index (Phi) is 9.26. The number of nitrogens with one attached hydrogen (secondary N) is 2. The molecular weight excluding hydrogens is 354 g/mol. The monoisotopic (exact) mass is 385 g/mol. The fourth-order valence-corrected chi connectivity index (χ4v) is 3.13. The van der Waals surface area contributed by atoms with Crippen molar-refractivity contribution < 1.29 is 17.9 Å². The number of methoxy groups -OCH3 is 2. The fraction of sp³-hybridized carbons (Fsp3) is 0.611. The highest BCUT2D eigenvalue weighted by molar-refractivity contribution is 7.90. The van der Waals surface area contributed by atoms with Crippen molar-refractivity contribution in [3.63, 3.8) is 0 Å². The largest absolute Gasteiger partial charge is 0.493 e. The van der Waals surface area contributed by atoms with Gasteiger partial charge in [-0.1, -0.05) is 6.07 Å². The van der Waals surface area contributed by atoms with Crippen LogP contribution in [0, 0.1) is 0 Å². The van der Waals surface area contributed by atoms with Crippen molar-refractivity contribution in [3.8, 4) is 11.5 Å². The Labute approximate surface area is 157 Å². The normalized spacial score (nSPS) is 13.2. The lowest BCUT2D eigenvalue weighted by Gasteiger charge is -2.17. The summed E-state index contributed by atoms with van der Waals surface area (Å²) < 4.78 is 33.1. The third-order valence-electron chi connectivity index (χ3n) is 3.77. The quantitative estimate of drug-likeness (QED) is 0.470. The molecular formula is C18H31N3O4S. The van der Waals surface area contributed by atoms with Crippen LogP contribution in [0.15, 0.2) is 23.2 Å². The number of hydrogen-bond acceptors (Lipinski definition) is 5. The molecule has 0 aliphatic carbocycles. The molecule has 0 amide bonds. The molecule has 1 rings (SSSR count). The fourth-order valence-electron chi connectivity index (χ4n) is 2.35. The molecule has 0 aromatic heterocycles. The maximum Gasteiger partial charge on any atom is 0.191 e. The van der Waals surface area contributed by atoms with Crippen molar-refractivity contribution in [3.05, 3.63) is 23.8 Å². The number of ether oxygens (including phenoxy) is 2. The van der Waals surface area contributed by atoms with Crippen molar-refractivity contribution in [2.45, 2.75) is 32.7 Å². The average molecular weight is 386 g/mol. The summed E-state index contributed by atoms with van der Waals surface area (Å²) in [6, 6.07) is 5.84. The van der Waals surface area contributed by atoms with Crippen molar-refractivity contribution in [2.75, 3.05) is 39.3 Å². The Hall–Kier alpha value is -1.96. The summed E-state index contributed by atoms with van der Waals surface area (Å²) in [5, 5.41) is 6.43. The van der Waals surface area contributed by atoms with Crippen LogP contribution in [-0.4, -0.2) is 59.7 Å². The van der Waals surface area contributed by atoms with Gasteiger partial charge in [0, 0.05) is 25.4 Å². The van der Waals surface area contributed by atoms with Gasteiger partial charge < -0.3 is 20.1 Å². The molecule has 0 heterocycles. The van der Waals surface area contributed by atoms with Gasteiger partial charge in [-0.15, -0.1) is 0 Å². The van der Waals surface area contributed by atoms with E-state index < -0.39 is 9.84 Å². The highest BCUT2D eigenvalue weighted by atomic mass is 32.2. The number of guanidine groups is 1. The van der Waals surface area contributed by atoms with Crippen molar-refractivity contribution in [2.24, 2.45) is 4.99 Å². The van der Waals surface area contributed by atoms with E-state index in [1.54, 1.807) is 14.2 Å². The van der Waals surface area contributed by atoms with Crippen molar-refractivity contribution in [1.82, 2.24) is 10.6 Å². The lowest BCUT2D eigenvalue weighted by molar-refractivity contribution is 0.354. The first-order valence-corrected chi connectivity index (χ1v) is 10.8. The first kappa shape index (κ1) is 22.1. The minimum absolute atomic E-state index is 0.0172. The van der Waals surface area contributed by atoms with Crippen LogP contribution in [0.5, 0.6) is 11.5 Å². The Bertz CT molecular complexity index is 690. The Morgan fingerprint density at radius 2 is 1.92 bits per heavy atom. The zero-order valence-corrected chi connectivity index (χ0v) is 17.1. The number of nitrogens with zero attached hydrogens (tertiary/aromatic N) is 1. The molecule has 0 aliphatic rings. The van der Waals surface area contributed by atoms with Gasteiger partial charge in [-0.05, 0) is 44.4 Å². The Morgan fingerprint density at radius 1 is 1.23 bits per heavy atom. The average Bonchev–Trinajstić information content (AvgIpc) is 2.59. The van der Waals surface area contributed by atoms with Gasteiger partial charge >= 0.3 is 0 Å². The van der Waals surface area contributed by atoms with Crippen LogP contribution in [0.2, 0.25) is 0 Å². The molecule has 26 heavy (non-hydrogen) atoms. The number of benzene rings is 1. The maximum atomic E-state index is 11.3. The molecule has 7 nitrogen and oxygen atoms in total. The van der Waals surface area contributed by atoms with Crippen LogP contribution in [0.3, 0.4) is 0 Å². The third kappa shape index (κ3) is 8.42. The second-order valence-electron chi connectivity index (χ2n) is 6.16. The SMILES string of the molecule is CCNC(=NCCc1ccc(OC)c(OC)c1)NC(C)CCS(C)(=O)=O. The zero-order chi connectivity index (χ0) is 19.6. The lowest BCUT2D eigenvalue weighted by Crippen LogP contribution is -2.43. The summed E-state index contributed by atoms with van der Waals surface area (Å²) in [5.74, 6) is 2.25. The first-order chi connectivity index (χ1) is 12.3. The van der Waals surface area contributed by atoms with E-state index in [2.05, 4.69) is 15.6 Å². The van der Waals surface area contributed by atoms with Gasteiger partial charge in [-0.25, -0.2) is 8.42 Å². The molecule has 148 valence electrons. The smallest absolute Gasteiger partial charge is 0.191 e. The van der Waals surface area contributed by atoms with Crippen LogP contribution in [0.25, 0.3) is 0 Å². The van der Waals surface area contributed by atoms with Gasteiger partial charge in [-0.3, -0.25) is 4.99 Å². The summed E-state index contributed by atoms with van der Waals surface area (Å²) in [5.41, 5.74) is 1.10. The second kappa shape index (κ2) is 10.9. The highest BCUT2D eigenvalue weighted by Gasteiger charge is 2.09. The standard InChI is InChI=1S/C18H31N3O4S/c1-6-19-18(21-14(2)10-12-26(5,22)23)20-11-9-15-7-8-16(24-3)17(13-15)25-4/h7-8,13-14H,6,9-12H2,1-5H3,(H2,19,20,21). The van der Waals surface area contributed by atoms with E-state index in [-0.39, 0.29) is 11.8 Å². The van der Waals surface area contributed by atoms with E-state index in [0.717, 1.165) is 18.5 Å². The number of sulfone groups is 1. The highest BCUT2D eigenvalue weighted by Crippen LogP contribution is 2.27. The molecule has 1 atom stereocenters. The van der Waals surface area contributed by atoms with E-state index >= 15 is 0 Å². The first-order valence-electron chi connectivity index (χ1n) is 8.72. The van der Waals surface area contributed by atoms with Gasteiger partial charge in [0.1, 0.15) is 9.84 Å². The Morgan fingerprint density at radius 3 is 2.50 bits per heavy atom. The Balaban J connectivity index is 2.63. The molecule has 8 heteroatoms. The van der Waals surface area contributed by atoms with Gasteiger partial charge in [0.05, 0.1) is 20.0 Å². The summed E-state index contributed by atoms with van der Waals surface area (Å²) >= 11 is 0. The number of rotatable bonds is 10. The molecule has 1 aromatic rings. The summed E-state index contributed by atoms with van der Waals surface area (Å²) in [6.45, 7) is 5.28. The van der Waals surface area contributed by atoms with E-state index in [1.807, 2.05) is 32.0 Å². The lowest BCUT2D eigenvalue weighted by atomic mass is 10.1. The van der Waals surface area contributed by atoms with E-state index in [4.69, 9.17) is 9.47 Å². The zero-order valence-electron chi connectivity index (χ0n) is 16.3. The minimum Gasteiger partial charge on any atom is -0.493 e. The number of hydrogen-bond donors (Lipinski definition) is 2. The molecule has 0 aliphatic heterocycles. The predicted molar refractivity (Wildman–Crippen MR) is 106 cm³/mol. The predicted octanol–water partition coefficient (Wildman–Crippen LogP) is 1.62. The molecule has 0 saturated carbocycles. The summed E-state index contributed by atoms with van der Waals surface area (Å²) in [6.07, 6.45) is 2.55. The molecule has 0 bridgehead atoms. The number of aliphatic imine (C=N–C) groups is 1. The van der Waals surface area contributed by atoms with Crippen LogP contribution in [0.4, 0.5) is 0 Å². The van der Waals surface area contributed by atoms with Crippen LogP contribution < -0.4 is 20.1 Å². The molecule has 0 fully saturated rings. The molecule has 0 radical (unpaired) electrons. The molecule has 1 unspecified atom stereocenters. The van der Waals surface area contributed by atoms with Crippen LogP contribution >= 0.6 is 0 Å². The van der Waals surface area contributed by atoms with Gasteiger partial charge in [0.25, 0.3) is 0 Å². The van der Waals surface area contributed by atoms with Crippen molar-refractivity contribution >= 4 is 15.8 Å². The second-order valence-corrected chi connectivity index (χ2v) is 8.42. The van der Waals surface area contributed by atoms with Gasteiger partial charge in [0.15, 0.2) is 17.5 Å². The maximum absolute atomic E-state index is 11.3. The molecule has 1 aromatic carbocycles. The van der Waals surface area contributed by atoms with Crippen LogP contribution in [0.1, 0.15) is 25.8 Å². The summed E-state index contributed by atoms with van der Waals surface area (Å²) in [4.78, 5) is 4.56. The minimum atomic E-state index is -2.96. The van der Waals surface area contributed by atoms with E-state index in [1.165, 1.54) is 6.26 Å². The summed E-state index contributed by atoms with van der Waals surface area (Å²) in [7, 11) is 0.273. The topological polar surface area (TPSA) is 89.0 Å². The molecule has 2 N–H and O–H groups in total. The third-order valence-corrected chi connectivity index (χ3v) is 4.74. The van der Waals surface area contributed by atoms with E-state index in [0.29, 0.717) is 30.4 Å². The van der Waals surface area contributed by atoms with Gasteiger partial charge in [-0.2, -0.15) is 0 Å². The molecule has 0 saturated heterocycles.